The van der Waals surface area contributed by atoms with E-state index in [1.54, 1.807) is 0 Å². The van der Waals surface area contributed by atoms with Crippen LogP contribution in [0.3, 0.4) is 0 Å². The van der Waals surface area contributed by atoms with Gasteiger partial charge in [0.2, 0.25) is 0 Å². The molecule has 0 aromatic rings. The third-order valence-electron chi connectivity index (χ3n) is 0. The average Bonchev–Trinajstić information content (AvgIpc) is 0.811. The van der Waals surface area contributed by atoms with Crippen LogP contribution in [0.2, 0.25) is 0 Å². The maximum Gasteiger partial charge on any atom is 0.761 e. The van der Waals surface area contributed by atoms with Gasteiger partial charge >= 0.3 is 9.17 Å². The van der Waals surface area contributed by atoms with E-state index >= 15 is 0 Å². The minimum absolute atomic E-state index is 0. The summed E-state index contributed by atoms with van der Waals surface area (Å²) in [6.07, 6.45) is 0. The minimum Gasteiger partial charge on any atom is -0.511 e. The first-order valence-corrected chi connectivity index (χ1v) is 1.95. The van der Waals surface area contributed by atoms with E-state index < -0.39 is 9.17 Å². The molecule has 0 amide bonds. The van der Waals surface area contributed by atoms with Crippen LogP contribution in [-0.4, -0.2) is 45.3 Å². The Labute approximate surface area is 50.0 Å². The first-order chi connectivity index (χ1) is 1.73. The number of rotatable bonds is 0. The Morgan fingerprint density at radius 3 is 1.40 bits per heavy atom. The molecular weight excluding hydrogens is 285 g/mol. The van der Waals surface area contributed by atoms with Gasteiger partial charge in [-0.2, -0.15) is 0 Å². The molecule has 0 atom stereocenters. The minimum atomic E-state index is -3.13. The summed E-state index contributed by atoms with van der Waals surface area (Å²) in [6, 6.07) is 0. The maximum atomic E-state index is 8.74. The molecule has 2 radical (unpaired) electrons. The van der Waals surface area contributed by atoms with Crippen LogP contribution in [0.1, 0.15) is 0 Å². The maximum absolute atomic E-state index is 8.74. The Bertz CT molecular complexity index is 29.9. The van der Waals surface area contributed by atoms with Gasteiger partial charge in [0.15, 0.2) is 0 Å². The summed E-state index contributed by atoms with van der Waals surface area (Å²) in [7, 11) is -3.13. The molecule has 2 N–H and O–H groups in total. The van der Waals surface area contributed by atoms with Crippen LogP contribution < -0.4 is 0 Å². The quantitative estimate of drug-likeness (QED) is 0.507. The van der Waals surface area contributed by atoms with Gasteiger partial charge in [0.1, 0.15) is 0 Å². The van der Waals surface area contributed by atoms with Gasteiger partial charge in [-0.15, -0.1) is 0 Å². The average molecular weight is 287 g/mol. The van der Waals surface area contributed by atoms with E-state index in [9.17, 15) is 0 Å². The van der Waals surface area contributed by atoms with Crippen molar-refractivity contribution in [3.05, 3.63) is 0 Å². The normalized spacial score (nSPS) is 4.80. The van der Waals surface area contributed by atoms with E-state index in [4.69, 9.17) is 14.1 Å². The van der Waals surface area contributed by atoms with Crippen molar-refractivity contribution in [2.75, 3.05) is 0 Å². The van der Waals surface area contributed by atoms with E-state index in [0.717, 1.165) is 0 Å². The second-order valence-electron chi connectivity index (χ2n) is 0.283. The topological polar surface area (TPSA) is 57.5 Å². The zero-order valence-corrected chi connectivity index (χ0v) is 6.39. The largest absolute Gasteiger partial charge is 0.761 e. The van der Waals surface area contributed by atoms with Crippen LogP contribution in [-0.2, 0) is 4.46 Å². The molecule has 0 heterocycles. The van der Waals surface area contributed by atoms with Gasteiger partial charge in [0, 0.05) is 26.6 Å². The Morgan fingerprint density at radius 1 is 1.40 bits per heavy atom. The third kappa shape index (κ3) is 108. The summed E-state index contributed by atoms with van der Waals surface area (Å²) in [6.45, 7) is 0. The standard InChI is InChI=1S/H2O3Si.Po/c1-4(2)3;/h1-2H;. The van der Waals surface area contributed by atoms with Crippen LogP contribution in [0.5, 0.6) is 0 Å². The van der Waals surface area contributed by atoms with Crippen LogP contribution >= 0.6 is 0 Å². The zero-order chi connectivity index (χ0) is 3.58. The van der Waals surface area contributed by atoms with Crippen LogP contribution in [0.4, 0.5) is 0 Å². The van der Waals surface area contributed by atoms with Gasteiger partial charge < -0.3 is 9.59 Å². The molecule has 0 aliphatic carbocycles. The first kappa shape index (κ1) is 9.10. The van der Waals surface area contributed by atoms with E-state index in [1.807, 2.05) is 0 Å². The smallest absolute Gasteiger partial charge is 0.511 e. The Morgan fingerprint density at radius 2 is 1.40 bits per heavy atom. The van der Waals surface area contributed by atoms with Crippen molar-refractivity contribution < 1.29 is 14.1 Å². The van der Waals surface area contributed by atoms with Crippen LogP contribution in [0, 0.1) is 0 Å². The molecule has 0 aromatic carbocycles. The summed E-state index contributed by atoms with van der Waals surface area (Å²) in [4.78, 5) is 14.3. The molecule has 0 fully saturated rings. The molecule has 0 saturated carbocycles. The molecule has 0 spiro atoms. The van der Waals surface area contributed by atoms with Crippen molar-refractivity contribution in [3.63, 3.8) is 0 Å². The molecule has 0 unspecified atom stereocenters. The number of hydrogen-bond acceptors (Lipinski definition) is 1. The van der Waals surface area contributed by atoms with Crippen molar-refractivity contribution in [3.8, 4) is 0 Å². The number of hydrogen-bond donors (Lipinski definition) is 2. The van der Waals surface area contributed by atoms with Crippen molar-refractivity contribution in [1.29, 1.82) is 0 Å². The van der Waals surface area contributed by atoms with Gasteiger partial charge in [0.05, 0.1) is 0 Å². The Balaban J connectivity index is 0. The molecule has 5 heavy (non-hydrogen) atoms. The van der Waals surface area contributed by atoms with E-state index in [2.05, 4.69) is 0 Å². The SMILES string of the molecule is O=[Si](O)O.[Po]. The van der Waals surface area contributed by atoms with Gasteiger partial charge in [-0.1, -0.05) is 0 Å². The van der Waals surface area contributed by atoms with E-state index in [0.29, 0.717) is 0 Å². The molecule has 3 nitrogen and oxygen atoms in total. The fourth-order valence-corrected chi connectivity index (χ4v) is 0. The fraction of sp³-hybridized carbons (Fsp3) is 0. The predicted molar refractivity (Wildman–Crippen MR) is 16.6 cm³/mol. The second kappa shape index (κ2) is 4.51. The Hall–Kier alpha value is 0.513. The summed E-state index contributed by atoms with van der Waals surface area (Å²) < 4.78 is 8.74. The van der Waals surface area contributed by atoms with Crippen LogP contribution in [0.25, 0.3) is 0 Å². The van der Waals surface area contributed by atoms with E-state index in [1.165, 1.54) is 0 Å². The third-order valence-corrected chi connectivity index (χ3v) is 0. The fourth-order valence-electron chi connectivity index (χ4n) is 0. The molecule has 0 aliphatic heterocycles. The van der Waals surface area contributed by atoms with Crippen molar-refractivity contribution in [1.82, 2.24) is 0 Å². The van der Waals surface area contributed by atoms with Gasteiger partial charge in [-0.25, -0.2) is 0 Å². The van der Waals surface area contributed by atoms with Gasteiger partial charge in [-0.3, -0.25) is 4.46 Å². The summed E-state index contributed by atoms with van der Waals surface area (Å²) in [5.41, 5.74) is 0. The van der Waals surface area contributed by atoms with Gasteiger partial charge in [-0.05, 0) is 0 Å². The van der Waals surface area contributed by atoms with Crippen LogP contribution in [0.15, 0.2) is 0 Å². The van der Waals surface area contributed by atoms with Gasteiger partial charge in [0.25, 0.3) is 0 Å². The molecule has 0 aromatic heterocycles. The zero-order valence-electron chi connectivity index (χ0n) is 2.21. The second-order valence-corrected chi connectivity index (χ2v) is 0.848. The molecular formula is H2O3PoSi. The molecule has 0 rings (SSSR count). The first-order valence-electron chi connectivity index (χ1n) is 0.651. The monoisotopic (exact) mass is 287 g/mol. The molecule has 0 aliphatic rings. The van der Waals surface area contributed by atoms with Crippen molar-refractivity contribution in [2.45, 2.75) is 0 Å². The van der Waals surface area contributed by atoms with Crippen molar-refractivity contribution in [2.24, 2.45) is 0 Å². The summed E-state index contributed by atoms with van der Waals surface area (Å²) in [5, 5.41) is 0. The molecule has 0 saturated heterocycles. The molecule has 30 valence electrons. The molecule has 5 heteroatoms. The summed E-state index contributed by atoms with van der Waals surface area (Å²) >= 11 is 0. The predicted octanol–water partition coefficient (Wildman–Crippen LogP) is -1.99. The van der Waals surface area contributed by atoms with Crippen molar-refractivity contribution >= 4 is 35.7 Å². The summed E-state index contributed by atoms with van der Waals surface area (Å²) in [5.74, 6) is 0. The van der Waals surface area contributed by atoms with E-state index in [-0.39, 0.29) is 26.6 Å². The molecule has 0 bridgehead atoms. The Kier molecular flexibility index (Phi) is 8.21.